The van der Waals surface area contributed by atoms with Crippen LogP contribution in [-0.2, 0) is 9.53 Å². The number of urea groups is 1. The van der Waals surface area contributed by atoms with Crippen molar-refractivity contribution >= 4 is 12.0 Å². The van der Waals surface area contributed by atoms with Crippen LogP contribution in [0.3, 0.4) is 0 Å². The lowest BCUT2D eigenvalue weighted by Gasteiger charge is -2.25. The molecule has 19 heavy (non-hydrogen) atoms. The largest absolute Gasteiger partial charge is 0.480 e. The lowest BCUT2D eigenvalue weighted by atomic mass is 10.2. The van der Waals surface area contributed by atoms with Crippen molar-refractivity contribution in [3.63, 3.8) is 0 Å². The van der Waals surface area contributed by atoms with Crippen LogP contribution in [0.4, 0.5) is 4.79 Å². The van der Waals surface area contributed by atoms with Gasteiger partial charge >= 0.3 is 12.0 Å². The van der Waals surface area contributed by atoms with Gasteiger partial charge in [0.1, 0.15) is 6.04 Å². The van der Waals surface area contributed by atoms with E-state index in [1.54, 1.807) is 4.90 Å². The van der Waals surface area contributed by atoms with E-state index >= 15 is 0 Å². The first-order chi connectivity index (χ1) is 9.08. The molecule has 1 rings (SSSR count). The van der Waals surface area contributed by atoms with Crippen LogP contribution in [0.2, 0.25) is 0 Å². The second kappa shape index (κ2) is 7.99. The van der Waals surface area contributed by atoms with Crippen LogP contribution in [0, 0.1) is 0 Å². The van der Waals surface area contributed by atoms with Crippen molar-refractivity contribution in [2.45, 2.75) is 51.7 Å². The Labute approximate surface area is 114 Å². The average Bonchev–Trinajstić information content (AvgIpc) is 2.63. The minimum absolute atomic E-state index is 0.0442. The maximum Gasteiger partial charge on any atom is 0.326 e. The normalized spacial score (nSPS) is 21.6. The number of amides is 2. The Kier molecular flexibility index (Phi) is 6.62. The molecule has 2 atom stereocenters. The zero-order chi connectivity index (χ0) is 14.3. The fraction of sp³-hybridized carbons (Fsp3) is 0.846. The third-order valence-corrected chi connectivity index (χ3v) is 3.27. The van der Waals surface area contributed by atoms with Crippen molar-refractivity contribution in [1.29, 1.82) is 0 Å². The van der Waals surface area contributed by atoms with E-state index in [1.165, 1.54) is 0 Å². The maximum atomic E-state index is 12.1. The van der Waals surface area contributed by atoms with Gasteiger partial charge in [-0.2, -0.15) is 0 Å². The van der Waals surface area contributed by atoms with E-state index in [-0.39, 0.29) is 12.1 Å². The number of hydrogen-bond acceptors (Lipinski definition) is 3. The Hall–Kier alpha value is -1.30. The van der Waals surface area contributed by atoms with Crippen molar-refractivity contribution < 1.29 is 19.4 Å². The van der Waals surface area contributed by atoms with E-state index in [0.717, 1.165) is 19.3 Å². The number of aliphatic carboxylic acids is 1. The molecule has 2 amide bonds. The predicted molar refractivity (Wildman–Crippen MR) is 71.1 cm³/mol. The van der Waals surface area contributed by atoms with Crippen LogP contribution in [0.15, 0.2) is 0 Å². The minimum atomic E-state index is -0.978. The number of carbonyl (C=O) groups excluding carboxylic acids is 1. The first-order valence-corrected chi connectivity index (χ1v) is 6.98. The van der Waals surface area contributed by atoms with E-state index in [2.05, 4.69) is 5.32 Å². The lowest BCUT2D eigenvalue weighted by molar-refractivity contribution is -0.139. The summed E-state index contributed by atoms with van der Waals surface area (Å²) in [4.78, 5) is 24.8. The highest BCUT2D eigenvalue weighted by Gasteiger charge is 2.25. The number of hydrogen-bond donors (Lipinski definition) is 2. The van der Waals surface area contributed by atoms with Gasteiger partial charge in [0.15, 0.2) is 0 Å². The molecular weight excluding hydrogens is 248 g/mol. The Bertz CT molecular complexity index is 309. The van der Waals surface area contributed by atoms with E-state index in [1.807, 2.05) is 13.8 Å². The van der Waals surface area contributed by atoms with Crippen molar-refractivity contribution in [2.75, 3.05) is 19.7 Å². The molecule has 0 saturated carbocycles. The fourth-order valence-corrected chi connectivity index (χ4v) is 2.11. The molecule has 0 aromatic rings. The Morgan fingerprint density at radius 2 is 2.21 bits per heavy atom. The number of rotatable bonds is 5. The summed E-state index contributed by atoms with van der Waals surface area (Å²) in [5, 5.41) is 11.6. The molecular formula is C13H24N2O4. The number of nitrogens with one attached hydrogen (secondary N) is 1. The number of nitrogens with zero attached hydrogens (tertiary/aromatic N) is 1. The summed E-state index contributed by atoms with van der Waals surface area (Å²) in [5.41, 5.74) is 0. The third-order valence-electron chi connectivity index (χ3n) is 3.27. The number of carboxylic acid groups (broad SMARTS) is 1. The fourth-order valence-electron chi connectivity index (χ4n) is 2.11. The molecule has 0 aromatic heterocycles. The molecule has 0 aromatic carbocycles. The van der Waals surface area contributed by atoms with Gasteiger partial charge in [0.2, 0.25) is 0 Å². The van der Waals surface area contributed by atoms with Crippen molar-refractivity contribution in [3.05, 3.63) is 0 Å². The molecule has 6 nitrogen and oxygen atoms in total. The monoisotopic (exact) mass is 272 g/mol. The highest BCUT2D eigenvalue weighted by Crippen LogP contribution is 2.09. The lowest BCUT2D eigenvalue weighted by Crippen LogP contribution is -2.49. The summed E-state index contributed by atoms with van der Waals surface area (Å²) in [6.07, 6.45) is 2.85. The van der Waals surface area contributed by atoms with Gasteiger partial charge in [-0.15, -0.1) is 0 Å². The molecule has 6 heteroatoms. The smallest absolute Gasteiger partial charge is 0.326 e. The Balaban J connectivity index is 2.56. The molecule has 0 radical (unpaired) electrons. The first-order valence-electron chi connectivity index (χ1n) is 6.98. The van der Waals surface area contributed by atoms with Crippen LogP contribution in [0.5, 0.6) is 0 Å². The van der Waals surface area contributed by atoms with Crippen LogP contribution in [0.25, 0.3) is 0 Å². The van der Waals surface area contributed by atoms with Crippen molar-refractivity contribution in [3.8, 4) is 0 Å². The van der Waals surface area contributed by atoms with Crippen LogP contribution in [-0.4, -0.2) is 53.8 Å². The number of ether oxygens (including phenoxy) is 1. The molecule has 1 fully saturated rings. The van der Waals surface area contributed by atoms with Crippen LogP contribution in [0.1, 0.15) is 39.5 Å². The first kappa shape index (κ1) is 15.8. The Morgan fingerprint density at radius 1 is 1.47 bits per heavy atom. The second-order valence-electron chi connectivity index (χ2n) is 4.83. The van der Waals surface area contributed by atoms with Crippen LogP contribution >= 0.6 is 0 Å². The third kappa shape index (κ3) is 5.06. The quantitative estimate of drug-likeness (QED) is 0.794. The maximum absolute atomic E-state index is 12.1. The highest BCUT2D eigenvalue weighted by molar-refractivity contribution is 5.82. The van der Waals surface area contributed by atoms with E-state index < -0.39 is 12.0 Å². The molecule has 1 aliphatic rings. The summed E-state index contributed by atoms with van der Waals surface area (Å²) >= 11 is 0. The standard InChI is InChI=1S/C13H24N2O4/c1-3-6-11(12(16)17)14-13(18)15-7-5-8-19-10(4-2)9-15/h10-11H,3-9H2,1-2H3,(H,14,18)(H,16,17)/t10?,11-/m1/s1. The molecule has 110 valence electrons. The minimum Gasteiger partial charge on any atom is -0.480 e. The molecule has 2 N–H and O–H groups in total. The molecule has 1 heterocycles. The molecule has 0 bridgehead atoms. The number of carboxylic acids is 1. The molecule has 0 aliphatic carbocycles. The summed E-state index contributed by atoms with van der Waals surface area (Å²) in [7, 11) is 0. The zero-order valence-electron chi connectivity index (χ0n) is 11.7. The number of carbonyl (C=O) groups is 2. The van der Waals surface area contributed by atoms with Crippen LogP contribution < -0.4 is 5.32 Å². The van der Waals surface area contributed by atoms with Gasteiger partial charge in [-0.05, 0) is 19.3 Å². The SMILES string of the molecule is CCC[C@@H](NC(=O)N1CCCOC(CC)C1)C(=O)O. The topological polar surface area (TPSA) is 78.9 Å². The van der Waals surface area contributed by atoms with Gasteiger partial charge in [0.05, 0.1) is 6.10 Å². The van der Waals surface area contributed by atoms with Crippen molar-refractivity contribution in [1.82, 2.24) is 10.2 Å². The Morgan fingerprint density at radius 3 is 2.79 bits per heavy atom. The zero-order valence-corrected chi connectivity index (χ0v) is 11.7. The van der Waals surface area contributed by atoms with Gasteiger partial charge in [0, 0.05) is 19.7 Å². The second-order valence-corrected chi connectivity index (χ2v) is 4.83. The summed E-state index contributed by atoms with van der Waals surface area (Å²) in [6.45, 7) is 5.71. The molecule has 0 spiro atoms. The average molecular weight is 272 g/mol. The summed E-state index contributed by atoms with van der Waals surface area (Å²) in [6, 6.07) is -1.11. The van der Waals surface area contributed by atoms with Crippen molar-refractivity contribution in [2.24, 2.45) is 0 Å². The van der Waals surface area contributed by atoms with E-state index in [4.69, 9.17) is 9.84 Å². The van der Waals surface area contributed by atoms with Gasteiger partial charge in [0.25, 0.3) is 0 Å². The highest BCUT2D eigenvalue weighted by atomic mass is 16.5. The summed E-state index contributed by atoms with van der Waals surface area (Å²) in [5.74, 6) is -0.978. The van der Waals surface area contributed by atoms with Gasteiger partial charge < -0.3 is 20.1 Å². The summed E-state index contributed by atoms with van der Waals surface area (Å²) < 4.78 is 5.59. The molecule has 1 aliphatic heterocycles. The van der Waals surface area contributed by atoms with E-state index in [9.17, 15) is 9.59 Å². The van der Waals surface area contributed by atoms with Gasteiger partial charge in [-0.1, -0.05) is 20.3 Å². The molecule has 1 saturated heterocycles. The van der Waals surface area contributed by atoms with Gasteiger partial charge in [-0.3, -0.25) is 0 Å². The predicted octanol–water partition coefficient (Wildman–Crippen LogP) is 1.45. The van der Waals surface area contributed by atoms with E-state index in [0.29, 0.717) is 26.1 Å². The molecule has 1 unspecified atom stereocenters. The van der Waals surface area contributed by atoms with Gasteiger partial charge in [-0.25, -0.2) is 9.59 Å².